The molecule has 1 N–H and O–H groups in total. The van der Waals surface area contributed by atoms with Gasteiger partial charge in [-0.15, -0.1) is 11.3 Å². The number of hydrogen-bond donors (Lipinski definition) is 1. The third-order valence-electron chi connectivity index (χ3n) is 4.00. The van der Waals surface area contributed by atoms with E-state index < -0.39 is 0 Å². The lowest BCUT2D eigenvalue weighted by Gasteiger charge is -2.29. The molecule has 0 radical (unpaired) electrons. The van der Waals surface area contributed by atoms with Crippen molar-refractivity contribution >= 4 is 29.0 Å². The second-order valence-corrected chi connectivity index (χ2v) is 7.82. The Morgan fingerprint density at radius 3 is 2.84 bits per heavy atom. The molecule has 0 bridgehead atoms. The predicted octanol–water partition coefficient (Wildman–Crippen LogP) is 2.77. The van der Waals surface area contributed by atoms with Crippen molar-refractivity contribution in [2.75, 3.05) is 12.0 Å². The van der Waals surface area contributed by atoms with Crippen molar-refractivity contribution in [1.29, 1.82) is 0 Å². The number of nitrogens with one attached hydrogen (secondary N) is 1. The largest absolute Gasteiger partial charge is 0.317 e. The molecule has 1 aliphatic carbocycles. The summed E-state index contributed by atoms with van der Waals surface area (Å²) in [4.78, 5) is 17.3. The van der Waals surface area contributed by atoms with Crippen molar-refractivity contribution < 1.29 is 4.79 Å². The summed E-state index contributed by atoms with van der Waals surface area (Å²) in [6.07, 6.45) is 4.17. The van der Waals surface area contributed by atoms with Gasteiger partial charge in [-0.1, -0.05) is 0 Å². The fourth-order valence-electron chi connectivity index (χ4n) is 2.83. The molecule has 19 heavy (non-hydrogen) atoms. The number of hydrogen-bond acceptors (Lipinski definition) is 4. The van der Waals surface area contributed by atoms with E-state index in [1.54, 1.807) is 23.1 Å². The highest BCUT2D eigenvalue weighted by Gasteiger charge is 2.60. The first-order valence-corrected chi connectivity index (χ1v) is 8.94. The Balaban J connectivity index is 1.90. The van der Waals surface area contributed by atoms with Crippen LogP contribution in [0.3, 0.4) is 0 Å². The number of amides is 1. The summed E-state index contributed by atoms with van der Waals surface area (Å²) in [5.74, 6) is 1.30. The summed E-state index contributed by atoms with van der Waals surface area (Å²) in [7, 11) is 0. The maximum Gasteiger partial charge on any atom is 0.244 e. The number of thiophene rings is 1. The summed E-state index contributed by atoms with van der Waals surface area (Å²) >= 11 is 3.59. The molecule has 1 amide bonds. The molecule has 104 valence electrons. The summed E-state index contributed by atoms with van der Waals surface area (Å²) < 4.78 is 0. The standard InChI is InChI=1S/C14H20N2OS2/c1-9(8-18-3)16-12(11-5-4-10(2)19-11)15-14(6-7-14)13(16)17/h4-5,9,12,15H,6-8H2,1-3H3. The smallest absolute Gasteiger partial charge is 0.244 e. The summed E-state index contributed by atoms with van der Waals surface area (Å²) in [5.41, 5.74) is -0.227. The van der Waals surface area contributed by atoms with E-state index in [2.05, 4.69) is 42.5 Å². The van der Waals surface area contributed by atoms with E-state index in [0.29, 0.717) is 5.91 Å². The van der Waals surface area contributed by atoms with Crippen molar-refractivity contribution in [1.82, 2.24) is 10.2 Å². The molecule has 5 heteroatoms. The molecule has 0 aromatic carbocycles. The Kier molecular flexibility index (Phi) is 3.39. The van der Waals surface area contributed by atoms with Gasteiger partial charge in [0, 0.05) is 21.5 Å². The Morgan fingerprint density at radius 2 is 2.32 bits per heavy atom. The van der Waals surface area contributed by atoms with E-state index >= 15 is 0 Å². The van der Waals surface area contributed by atoms with Crippen molar-refractivity contribution in [3.63, 3.8) is 0 Å². The molecular formula is C14H20N2OS2. The van der Waals surface area contributed by atoms with Gasteiger partial charge in [0.2, 0.25) is 5.91 Å². The minimum Gasteiger partial charge on any atom is -0.317 e. The first kappa shape index (κ1) is 13.5. The average Bonchev–Trinajstić information content (AvgIpc) is 2.93. The van der Waals surface area contributed by atoms with Gasteiger partial charge in [-0.25, -0.2) is 0 Å². The van der Waals surface area contributed by atoms with Gasteiger partial charge in [-0.3, -0.25) is 10.1 Å². The third-order valence-corrected chi connectivity index (χ3v) is 5.87. The van der Waals surface area contributed by atoms with Crippen molar-refractivity contribution in [3.8, 4) is 0 Å². The van der Waals surface area contributed by atoms with Crippen LogP contribution in [-0.2, 0) is 4.79 Å². The van der Waals surface area contributed by atoms with Crippen LogP contribution in [0.5, 0.6) is 0 Å². The maximum absolute atomic E-state index is 12.7. The van der Waals surface area contributed by atoms with Crippen LogP contribution in [-0.4, -0.2) is 34.4 Å². The van der Waals surface area contributed by atoms with E-state index in [-0.39, 0.29) is 17.7 Å². The molecule has 2 unspecified atom stereocenters. The Hall–Kier alpha value is -0.520. The predicted molar refractivity (Wildman–Crippen MR) is 81.6 cm³/mol. The van der Waals surface area contributed by atoms with Crippen LogP contribution in [0.4, 0.5) is 0 Å². The number of rotatable bonds is 4. The van der Waals surface area contributed by atoms with Gasteiger partial charge in [0.05, 0.1) is 0 Å². The molecule has 3 rings (SSSR count). The molecule has 2 atom stereocenters. The summed E-state index contributed by atoms with van der Waals surface area (Å²) in [6.45, 7) is 4.28. The van der Waals surface area contributed by atoms with Crippen molar-refractivity contribution in [3.05, 3.63) is 21.9 Å². The molecule has 2 aliphatic rings. The van der Waals surface area contributed by atoms with E-state index in [1.807, 2.05) is 0 Å². The molecule has 1 aromatic rings. The average molecular weight is 296 g/mol. The van der Waals surface area contributed by atoms with E-state index in [1.165, 1.54) is 9.75 Å². The highest BCUT2D eigenvalue weighted by Crippen LogP contribution is 2.47. The third kappa shape index (κ3) is 2.22. The van der Waals surface area contributed by atoms with Crippen LogP contribution >= 0.6 is 23.1 Å². The van der Waals surface area contributed by atoms with Crippen LogP contribution in [0.1, 0.15) is 35.7 Å². The topological polar surface area (TPSA) is 32.3 Å². The second-order valence-electron chi connectivity index (χ2n) is 5.59. The number of nitrogens with zero attached hydrogens (tertiary/aromatic N) is 1. The molecule has 1 saturated carbocycles. The second kappa shape index (κ2) is 4.79. The Bertz CT molecular complexity index is 495. The van der Waals surface area contributed by atoms with E-state index in [0.717, 1.165) is 18.6 Å². The maximum atomic E-state index is 12.7. The molecule has 2 heterocycles. The number of carbonyl (C=O) groups is 1. The SMILES string of the molecule is CSCC(C)N1C(=O)C2(CC2)NC1c1ccc(C)s1. The Labute approximate surface area is 122 Å². The highest BCUT2D eigenvalue weighted by molar-refractivity contribution is 7.98. The normalized spacial score (nSPS) is 26.2. The zero-order valence-electron chi connectivity index (χ0n) is 11.6. The molecule has 3 nitrogen and oxygen atoms in total. The zero-order valence-corrected chi connectivity index (χ0v) is 13.2. The molecular weight excluding hydrogens is 276 g/mol. The lowest BCUT2D eigenvalue weighted by Crippen LogP contribution is -2.40. The van der Waals surface area contributed by atoms with Crippen LogP contribution in [0.25, 0.3) is 0 Å². The number of thioether (sulfide) groups is 1. The van der Waals surface area contributed by atoms with Gasteiger partial charge in [-0.2, -0.15) is 11.8 Å². The molecule has 1 saturated heterocycles. The number of carbonyl (C=O) groups excluding carboxylic acids is 1. The monoisotopic (exact) mass is 296 g/mol. The van der Waals surface area contributed by atoms with E-state index in [9.17, 15) is 4.79 Å². The van der Waals surface area contributed by atoms with Crippen LogP contribution in [0.2, 0.25) is 0 Å². The van der Waals surface area contributed by atoms with Crippen LogP contribution in [0.15, 0.2) is 12.1 Å². The number of aryl methyl sites for hydroxylation is 1. The van der Waals surface area contributed by atoms with Gasteiger partial charge in [-0.05, 0) is 45.1 Å². The minimum atomic E-state index is -0.227. The first-order chi connectivity index (χ1) is 9.07. The first-order valence-electron chi connectivity index (χ1n) is 6.73. The van der Waals surface area contributed by atoms with Gasteiger partial charge in [0.25, 0.3) is 0 Å². The van der Waals surface area contributed by atoms with Gasteiger partial charge >= 0.3 is 0 Å². The lowest BCUT2D eigenvalue weighted by molar-refractivity contribution is -0.132. The molecule has 1 aliphatic heterocycles. The summed E-state index contributed by atoms with van der Waals surface area (Å²) in [6, 6.07) is 4.58. The van der Waals surface area contributed by atoms with Crippen molar-refractivity contribution in [2.45, 2.75) is 44.4 Å². The Morgan fingerprint density at radius 1 is 1.58 bits per heavy atom. The fraction of sp³-hybridized carbons (Fsp3) is 0.643. The molecule has 2 fully saturated rings. The van der Waals surface area contributed by atoms with Crippen LogP contribution in [0, 0.1) is 6.92 Å². The molecule has 1 spiro atoms. The van der Waals surface area contributed by atoms with Crippen LogP contribution < -0.4 is 5.32 Å². The van der Waals surface area contributed by atoms with Crippen molar-refractivity contribution in [2.24, 2.45) is 0 Å². The fourth-order valence-corrected chi connectivity index (χ4v) is 4.40. The highest BCUT2D eigenvalue weighted by atomic mass is 32.2. The zero-order chi connectivity index (χ0) is 13.6. The van der Waals surface area contributed by atoms with Gasteiger partial charge in [0.1, 0.15) is 11.7 Å². The quantitative estimate of drug-likeness (QED) is 0.927. The van der Waals surface area contributed by atoms with E-state index in [4.69, 9.17) is 0 Å². The lowest BCUT2D eigenvalue weighted by atomic mass is 10.2. The summed E-state index contributed by atoms with van der Waals surface area (Å²) in [5, 5.41) is 3.59. The molecule has 1 aromatic heterocycles. The van der Waals surface area contributed by atoms with Gasteiger partial charge in [0.15, 0.2) is 0 Å². The van der Waals surface area contributed by atoms with Gasteiger partial charge < -0.3 is 4.90 Å². The minimum absolute atomic E-state index is 0.0795.